The van der Waals surface area contributed by atoms with Gasteiger partial charge in [0.1, 0.15) is 11.5 Å². The zero-order valence-corrected chi connectivity index (χ0v) is 14.7. The summed E-state index contributed by atoms with van der Waals surface area (Å²) < 4.78 is 20.1. The summed E-state index contributed by atoms with van der Waals surface area (Å²) in [7, 11) is 3.31. The summed E-state index contributed by atoms with van der Waals surface area (Å²) in [5.74, 6) is -0.665. The second kappa shape index (κ2) is 7.25. The number of rotatable bonds is 6. The Bertz CT molecular complexity index is 919. The van der Waals surface area contributed by atoms with Gasteiger partial charge in [0.15, 0.2) is 0 Å². The molecule has 0 fully saturated rings. The van der Waals surface area contributed by atoms with Gasteiger partial charge in [-0.2, -0.15) is 5.10 Å². The lowest BCUT2D eigenvalue weighted by atomic mass is 10.1. The fourth-order valence-electron chi connectivity index (χ4n) is 2.75. The van der Waals surface area contributed by atoms with Gasteiger partial charge in [0.25, 0.3) is 5.91 Å². The third-order valence-electron chi connectivity index (χ3n) is 3.92. The lowest BCUT2D eigenvalue weighted by Gasteiger charge is -2.05. The molecule has 0 unspecified atom stereocenters. The zero-order valence-electron chi connectivity index (χ0n) is 13.9. The van der Waals surface area contributed by atoms with E-state index in [-0.39, 0.29) is 17.5 Å². The van der Waals surface area contributed by atoms with Crippen LogP contribution < -0.4 is 5.32 Å². The molecule has 0 aliphatic rings. The summed E-state index contributed by atoms with van der Waals surface area (Å²) in [5, 5.41) is 8.01. The van der Waals surface area contributed by atoms with E-state index in [4.69, 9.17) is 16.3 Å². The third kappa shape index (κ3) is 3.67. The molecule has 0 spiro atoms. The fraction of sp³-hybridized carbons (Fsp3) is 0.294. The van der Waals surface area contributed by atoms with E-state index in [0.29, 0.717) is 29.7 Å². The highest BCUT2D eigenvalue weighted by atomic mass is 35.5. The van der Waals surface area contributed by atoms with Crippen LogP contribution in [0.15, 0.2) is 24.5 Å². The number of aryl methyl sites for hydroxylation is 1. The second-order valence-electron chi connectivity index (χ2n) is 5.73. The molecular weight excluding hydrogens is 347 g/mol. The molecule has 0 saturated carbocycles. The van der Waals surface area contributed by atoms with Crippen molar-refractivity contribution >= 4 is 28.4 Å². The highest BCUT2D eigenvalue weighted by Gasteiger charge is 2.15. The predicted molar refractivity (Wildman–Crippen MR) is 93.2 cm³/mol. The molecule has 6 nitrogen and oxygen atoms in total. The second-order valence-corrected chi connectivity index (χ2v) is 6.14. The van der Waals surface area contributed by atoms with Crippen LogP contribution in [0.5, 0.6) is 0 Å². The third-order valence-corrected chi connectivity index (χ3v) is 4.21. The number of benzene rings is 1. The Hall–Kier alpha value is -2.38. The number of carbonyl (C=O) groups excluding carboxylic acids is 1. The molecule has 0 radical (unpaired) electrons. The van der Waals surface area contributed by atoms with Crippen molar-refractivity contribution in [2.45, 2.75) is 13.0 Å². The minimum Gasteiger partial charge on any atom is -0.378 e. The van der Waals surface area contributed by atoms with E-state index in [1.54, 1.807) is 37.3 Å². The van der Waals surface area contributed by atoms with E-state index in [9.17, 15) is 9.18 Å². The van der Waals surface area contributed by atoms with Crippen LogP contribution >= 0.6 is 11.6 Å². The molecule has 0 bridgehead atoms. The van der Waals surface area contributed by atoms with Gasteiger partial charge in [0.2, 0.25) is 0 Å². The maximum Gasteiger partial charge on any atom is 0.254 e. The van der Waals surface area contributed by atoms with Crippen LogP contribution in [-0.2, 0) is 24.8 Å². The van der Waals surface area contributed by atoms with Crippen LogP contribution in [-0.4, -0.2) is 34.3 Å². The number of aromatic amines is 1. The molecule has 25 heavy (non-hydrogen) atoms. The molecular formula is C17H18ClFN4O2. The predicted octanol–water partition coefficient (Wildman–Crippen LogP) is 2.81. The number of nitrogens with zero attached hydrogens (tertiary/aromatic N) is 2. The van der Waals surface area contributed by atoms with Crippen LogP contribution in [0, 0.1) is 5.82 Å². The number of hydrogen-bond acceptors (Lipinski definition) is 3. The molecule has 2 heterocycles. The van der Waals surface area contributed by atoms with E-state index < -0.39 is 5.82 Å². The molecule has 0 saturated heterocycles. The summed E-state index contributed by atoms with van der Waals surface area (Å²) >= 11 is 5.85. The Morgan fingerprint density at radius 1 is 1.48 bits per heavy atom. The minimum atomic E-state index is -0.460. The Balaban J connectivity index is 1.67. The maximum absolute atomic E-state index is 13.5. The van der Waals surface area contributed by atoms with Gasteiger partial charge in [-0.1, -0.05) is 11.6 Å². The van der Waals surface area contributed by atoms with Crippen molar-refractivity contribution < 1.29 is 13.9 Å². The first kappa shape index (κ1) is 17.4. The number of hydrogen-bond donors (Lipinski definition) is 2. The summed E-state index contributed by atoms with van der Waals surface area (Å²) in [6.07, 6.45) is 4.05. The molecule has 2 aromatic heterocycles. The number of amides is 1. The van der Waals surface area contributed by atoms with Crippen molar-refractivity contribution in [3.8, 4) is 0 Å². The van der Waals surface area contributed by atoms with Gasteiger partial charge in [-0.15, -0.1) is 0 Å². The number of nitrogens with one attached hydrogen (secondary N) is 2. The largest absolute Gasteiger partial charge is 0.378 e. The SMILES string of the molecule is COCc1nn(C)cc1C(=O)NCCc1c[nH]c2cc(F)c(Cl)cc12. The van der Waals surface area contributed by atoms with Crippen LogP contribution in [0.25, 0.3) is 10.9 Å². The summed E-state index contributed by atoms with van der Waals surface area (Å²) in [6.45, 7) is 0.707. The van der Waals surface area contributed by atoms with Gasteiger partial charge in [-0.25, -0.2) is 4.39 Å². The monoisotopic (exact) mass is 364 g/mol. The Morgan fingerprint density at radius 2 is 2.28 bits per heavy atom. The van der Waals surface area contributed by atoms with Crippen LogP contribution in [0.2, 0.25) is 5.02 Å². The minimum absolute atomic E-state index is 0.0805. The van der Waals surface area contributed by atoms with Crippen molar-refractivity contribution in [2.75, 3.05) is 13.7 Å². The number of halogens is 2. The summed E-state index contributed by atoms with van der Waals surface area (Å²) in [4.78, 5) is 15.4. The standard InChI is InChI=1S/C17H18ClFN4O2/c1-23-8-12(16(22-23)9-25-2)17(24)20-4-3-10-7-21-15-6-14(19)13(18)5-11(10)15/h5-8,21H,3-4,9H2,1-2H3,(H,20,24). The quantitative estimate of drug-likeness (QED) is 0.706. The molecule has 1 amide bonds. The first-order valence-electron chi connectivity index (χ1n) is 7.74. The summed E-state index contributed by atoms with van der Waals surface area (Å²) in [6, 6.07) is 2.96. The van der Waals surface area contributed by atoms with Crippen LogP contribution in [0.1, 0.15) is 21.6 Å². The van der Waals surface area contributed by atoms with E-state index >= 15 is 0 Å². The Morgan fingerprint density at radius 3 is 3.04 bits per heavy atom. The first-order valence-corrected chi connectivity index (χ1v) is 8.12. The van der Waals surface area contributed by atoms with Crippen molar-refractivity contribution in [3.63, 3.8) is 0 Å². The normalized spacial score (nSPS) is 11.2. The van der Waals surface area contributed by atoms with Crippen LogP contribution in [0.4, 0.5) is 4.39 Å². The maximum atomic E-state index is 13.5. The highest BCUT2D eigenvalue weighted by Crippen LogP contribution is 2.25. The number of aromatic nitrogens is 3. The van der Waals surface area contributed by atoms with Crippen molar-refractivity contribution in [1.29, 1.82) is 0 Å². The number of H-pyrrole nitrogens is 1. The number of methoxy groups -OCH3 is 1. The lowest BCUT2D eigenvalue weighted by molar-refractivity contribution is 0.0949. The van der Waals surface area contributed by atoms with Gasteiger partial charge < -0.3 is 15.0 Å². The smallest absolute Gasteiger partial charge is 0.254 e. The average molecular weight is 365 g/mol. The highest BCUT2D eigenvalue weighted by molar-refractivity contribution is 6.31. The van der Waals surface area contributed by atoms with Gasteiger partial charge in [0, 0.05) is 44.0 Å². The van der Waals surface area contributed by atoms with E-state index in [1.165, 1.54) is 6.07 Å². The van der Waals surface area contributed by atoms with Gasteiger partial charge in [-0.3, -0.25) is 9.48 Å². The van der Waals surface area contributed by atoms with Crippen molar-refractivity contribution in [2.24, 2.45) is 7.05 Å². The van der Waals surface area contributed by atoms with E-state index in [1.807, 2.05) is 0 Å². The number of carbonyl (C=O) groups is 1. The molecule has 1 aromatic carbocycles. The lowest BCUT2D eigenvalue weighted by Crippen LogP contribution is -2.26. The van der Waals surface area contributed by atoms with Crippen molar-refractivity contribution in [1.82, 2.24) is 20.1 Å². The topological polar surface area (TPSA) is 71.9 Å². The van der Waals surface area contributed by atoms with Gasteiger partial charge >= 0.3 is 0 Å². The molecule has 0 aliphatic heterocycles. The van der Waals surface area contributed by atoms with Crippen molar-refractivity contribution in [3.05, 3.63) is 52.2 Å². The van der Waals surface area contributed by atoms with Gasteiger partial charge in [0.05, 0.1) is 17.2 Å². The molecule has 132 valence electrons. The van der Waals surface area contributed by atoms with E-state index in [2.05, 4.69) is 15.4 Å². The van der Waals surface area contributed by atoms with E-state index in [0.717, 1.165) is 10.9 Å². The number of fused-ring (bicyclic) bond motifs is 1. The Kier molecular flexibility index (Phi) is 5.06. The average Bonchev–Trinajstić information content (AvgIpc) is 3.12. The molecule has 3 rings (SSSR count). The molecule has 3 aromatic rings. The molecule has 8 heteroatoms. The molecule has 0 atom stereocenters. The zero-order chi connectivity index (χ0) is 18.0. The van der Waals surface area contributed by atoms with Crippen LogP contribution in [0.3, 0.4) is 0 Å². The fourth-order valence-corrected chi connectivity index (χ4v) is 2.92. The Labute approximate surface area is 148 Å². The van der Waals surface area contributed by atoms with Gasteiger partial charge in [-0.05, 0) is 24.1 Å². The number of ether oxygens (including phenoxy) is 1. The first-order chi connectivity index (χ1) is 12.0. The molecule has 0 aliphatic carbocycles. The molecule has 2 N–H and O–H groups in total. The summed E-state index contributed by atoms with van der Waals surface area (Å²) in [5.41, 5.74) is 2.73.